The van der Waals surface area contributed by atoms with E-state index < -0.39 is 47.8 Å². The number of hydrogen-bond donors (Lipinski definition) is 3. The number of halogens is 3. The number of nitrogens with zero attached hydrogens (tertiary/aromatic N) is 7. The Balaban J connectivity index is 1.26. The number of carbonyl (C=O) groups is 2. The van der Waals surface area contributed by atoms with Gasteiger partial charge in [-0.1, -0.05) is 91.0 Å². The average molecular weight is 853 g/mol. The van der Waals surface area contributed by atoms with Crippen LogP contribution in [-0.2, 0) is 29.9 Å². The number of benzene rings is 3. The highest BCUT2D eigenvalue weighted by Gasteiger charge is 2.41. The van der Waals surface area contributed by atoms with Crippen LogP contribution in [0.25, 0.3) is 44.6 Å². The molecule has 0 saturated carbocycles. The summed E-state index contributed by atoms with van der Waals surface area (Å²) < 4.78 is 54.9. The van der Waals surface area contributed by atoms with Crippen molar-refractivity contribution in [3.05, 3.63) is 150 Å². The van der Waals surface area contributed by atoms with Gasteiger partial charge in [-0.05, 0) is 55.7 Å². The fourth-order valence-corrected chi connectivity index (χ4v) is 7.60. The molecule has 5 aromatic heterocycles. The number of aryl methyl sites for hydroxylation is 3. The number of hydrogen-bond acceptors (Lipinski definition) is 9. The van der Waals surface area contributed by atoms with Crippen molar-refractivity contribution in [2.45, 2.75) is 51.2 Å². The molecule has 0 aliphatic heterocycles. The number of alkyl halides is 3. The number of aromatic nitrogens is 7. The van der Waals surface area contributed by atoms with E-state index in [1.54, 1.807) is 86.5 Å². The molecule has 3 aromatic carbocycles. The van der Waals surface area contributed by atoms with Gasteiger partial charge in [0.2, 0.25) is 17.9 Å². The Morgan fingerprint density at radius 1 is 0.667 bits per heavy atom. The Morgan fingerprint density at radius 2 is 1.17 bits per heavy atom. The molecule has 8 rings (SSSR count). The molecule has 16 heteroatoms. The summed E-state index contributed by atoms with van der Waals surface area (Å²) in [5.74, 6) is -1.92. The van der Waals surface area contributed by atoms with Crippen LogP contribution >= 0.6 is 0 Å². The van der Waals surface area contributed by atoms with Gasteiger partial charge >= 0.3 is 6.18 Å². The summed E-state index contributed by atoms with van der Waals surface area (Å²) in [4.78, 5) is 43.0. The Kier molecular flexibility index (Phi) is 11.6. The van der Waals surface area contributed by atoms with Crippen LogP contribution in [-0.4, -0.2) is 58.5 Å². The molecular weight excluding hydrogens is 810 g/mol. The van der Waals surface area contributed by atoms with Crippen LogP contribution in [0.15, 0.2) is 128 Å². The van der Waals surface area contributed by atoms with Crippen molar-refractivity contribution in [2.24, 2.45) is 14.1 Å². The topological polar surface area (TPSA) is 154 Å². The third kappa shape index (κ3) is 8.78. The zero-order chi connectivity index (χ0) is 44.4. The van der Waals surface area contributed by atoms with E-state index in [1.807, 2.05) is 67.6 Å². The highest BCUT2D eigenvalue weighted by molar-refractivity contribution is 5.98. The number of ether oxygens (including phenoxy) is 1. The number of carbonyl (C=O) groups excluding carboxylic acids is 2. The van der Waals surface area contributed by atoms with Crippen LogP contribution in [0.4, 0.5) is 19.0 Å². The number of pyridine rings is 3. The molecule has 2 amide bonds. The van der Waals surface area contributed by atoms with Gasteiger partial charge in [-0.3, -0.25) is 14.6 Å². The summed E-state index contributed by atoms with van der Waals surface area (Å²) in [5.41, 5.74) is 3.54. The molecule has 63 heavy (non-hydrogen) atoms. The number of amides is 2. The largest absolute Gasteiger partial charge is 0.461 e. The molecule has 4 unspecified atom stereocenters. The summed E-state index contributed by atoms with van der Waals surface area (Å²) in [7, 11) is 3.22. The van der Waals surface area contributed by atoms with Gasteiger partial charge in [-0.25, -0.2) is 14.3 Å². The van der Waals surface area contributed by atoms with E-state index in [0.29, 0.717) is 28.0 Å². The van der Waals surface area contributed by atoms with Gasteiger partial charge in [-0.2, -0.15) is 28.4 Å². The lowest BCUT2D eigenvalue weighted by Crippen LogP contribution is -2.56. The lowest BCUT2D eigenvalue weighted by molar-refractivity contribution is -0.136. The predicted molar refractivity (Wildman–Crippen MR) is 233 cm³/mol. The molecule has 5 heterocycles. The zero-order valence-corrected chi connectivity index (χ0v) is 34.9. The fraction of sp³-hybridized carbons (Fsp3) is 0.213. The second kappa shape index (κ2) is 17.4. The minimum atomic E-state index is -4.88. The maximum atomic E-state index is 15.2. The highest BCUT2D eigenvalue weighted by Crippen LogP contribution is 2.40. The molecule has 8 aromatic rings. The van der Waals surface area contributed by atoms with E-state index in [4.69, 9.17) is 14.8 Å². The second-order valence-electron chi connectivity index (χ2n) is 15.2. The van der Waals surface area contributed by atoms with Crippen LogP contribution in [0.1, 0.15) is 48.2 Å². The molecule has 0 aliphatic rings. The first-order chi connectivity index (χ1) is 30.3. The summed E-state index contributed by atoms with van der Waals surface area (Å²) in [6.45, 7) is 5.35. The highest BCUT2D eigenvalue weighted by atomic mass is 19.4. The Bertz CT molecular complexity index is 2910. The first-order valence-electron chi connectivity index (χ1n) is 20.2. The summed E-state index contributed by atoms with van der Waals surface area (Å²) >= 11 is 0. The predicted octanol–water partition coefficient (Wildman–Crippen LogP) is 8.29. The van der Waals surface area contributed by atoms with Crippen molar-refractivity contribution >= 4 is 39.7 Å². The van der Waals surface area contributed by atoms with E-state index in [2.05, 4.69) is 31.0 Å². The SMILES string of the molecule is Cc1cc(OC(C(=O)NC(C)c2ccncc2)C(Nc2cc(C(F)(F)F)c3c(-c4ccccc4)nn(C)c3n2)C(=O)NC(C)c2ccccc2)nc2c1c(-c1ccccc1)nn2C. The quantitative estimate of drug-likeness (QED) is 0.104. The van der Waals surface area contributed by atoms with Crippen LogP contribution in [0.3, 0.4) is 0 Å². The van der Waals surface area contributed by atoms with E-state index >= 15 is 13.2 Å². The minimum Gasteiger partial charge on any atom is -0.461 e. The maximum absolute atomic E-state index is 15.2. The Labute approximate surface area is 360 Å². The van der Waals surface area contributed by atoms with Gasteiger partial charge < -0.3 is 20.7 Å². The Morgan fingerprint density at radius 3 is 1.75 bits per heavy atom. The third-order valence-electron chi connectivity index (χ3n) is 10.8. The maximum Gasteiger partial charge on any atom is 0.417 e. The normalized spacial score (nSPS) is 13.6. The first-order valence-corrected chi connectivity index (χ1v) is 20.2. The molecule has 0 fully saturated rings. The molecule has 0 bridgehead atoms. The van der Waals surface area contributed by atoms with E-state index in [0.717, 1.165) is 22.6 Å². The second-order valence-corrected chi connectivity index (χ2v) is 15.2. The summed E-state index contributed by atoms with van der Waals surface area (Å²) in [6, 6.07) is 30.2. The van der Waals surface area contributed by atoms with Crippen molar-refractivity contribution in [1.29, 1.82) is 0 Å². The fourth-order valence-electron chi connectivity index (χ4n) is 7.60. The van der Waals surface area contributed by atoms with Gasteiger partial charge in [0.1, 0.15) is 17.2 Å². The van der Waals surface area contributed by atoms with E-state index in [9.17, 15) is 9.59 Å². The smallest absolute Gasteiger partial charge is 0.417 e. The summed E-state index contributed by atoms with van der Waals surface area (Å²) in [5, 5.41) is 18.5. The first kappa shape index (κ1) is 42.1. The van der Waals surface area contributed by atoms with E-state index in [1.165, 1.54) is 11.7 Å². The van der Waals surface area contributed by atoms with Crippen LogP contribution < -0.4 is 20.7 Å². The van der Waals surface area contributed by atoms with E-state index in [-0.39, 0.29) is 28.4 Å². The number of nitrogens with one attached hydrogen (secondary N) is 3. The lowest BCUT2D eigenvalue weighted by atomic mass is 10.0. The zero-order valence-electron chi connectivity index (χ0n) is 34.9. The number of rotatable bonds is 13. The van der Waals surface area contributed by atoms with Crippen LogP contribution in [0.2, 0.25) is 0 Å². The average Bonchev–Trinajstić information content (AvgIpc) is 3.81. The minimum absolute atomic E-state index is 0.0337. The van der Waals surface area contributed by atoms with Gasteiger partial charge in [0.15, 0.2) is 17.3 Å². The third-order valence-corrected chi connectivity index (χ3v) is 10.8. The molecule has 3 N–H and O–H groups in total. The molecule has 0 aliphatic carbocycles. The van der Waals surface area contributed by atoms with Crippen LogP contribution in [0.5, 0.6) is 5.88 Å². The van der Waals surface area contributed by atoms with Crippen molar-refractivity contribution in [3.8, 4) is 28.4 Å². The van der Waals surface area contributed by atoms with Crippen molar-refractivity contribution in [3.63, 3.8) is 0 Å². The van der Waals surface area contributed by atoms with Crippen molar-refractivity contribution in [2.75, 3.05) is 5.32 Å². The molecule has 0 radical (unpaired) electrons. The molecule has 0 saturated heterocycles. The monoisotopic (exact) mass is 852 g/mol. The van der Waals surface area contributed by atoms with Crippen LogP contribution in [0, 0.1) is 6.92 Å². The van der Waals surface area contributed by atoms with Gasteiger partial charge in [0, 0.05) is 43.7 Å². The molecule has 13 nitrogen and oxygen atoms in total. The van der Waals surface area contributed by atoms with Gasteiger partial charge in [0.05, 0.1) is 28.4 Å². The lowest BCUT2D eigenvalue weighted by Gasteiger charge is -2.29. The Hall–Kier alpha value is -7.62. The van der Waals surface area contributed by atoms with Gasteiger partial charge in [0.25, 0.3) is 5.91 Å². The molecule has 0 spiro atoms. The number of fused-ring (bicyclic) bond motifs is 2. The van der Waals surface area contributed by atoms with Crippen molar-refractivity contribution in [1.82, 2.24) is 45.1 Å². The molecule has 320 valence electrons. The standard InChI is InChI=1S/C47H43F3N10O3/c1-27-25-36(56-43-37(27)39(57-59(43)4)32-17-11-7-12-18-32)63-42(46(62)53-29(3)31-21-23-51-24-22-31)41(45(61)52-28(2)30-15-9-6-10-16-30)54-35-26-34(47(48,49)50)38-40(33-19-13-8-14-20-33)58-60(5)44(38)55-35/h6-26,28-29,41-42H,1-5H3,(H,52,61)(H,53,62)(H,54,55). The molecule has 4 atom stereocenters. The number of anilines is 1. The van der Waals surface area contributed by atoms with Gasteiger partial charge in [-0.15, -0.1) is 0 Å². The molecular formula is C47H43F3N10O3. The summed E-state index contributed by atoms with van der Waals surface area (Å²) in [6.07, 6.45) is -3.47. The van der Waals surface area contributed by atoms with Crippen molar-refractivity contribution < 1.29 is 27.5 Å².